The number of hydrogen-bond donors (Lipinski definition) is 1. The van der Waals surface area contributed by atoms with Crippen molar-refractivity contribution >= 4 is 43.5 Å². The van der Waals surface area contributed by atoms with E-state index in [1.54, 1.807) is 43.2 Å². The average Bonchev–Trinajstić information content (AvgIpc) is 2.83. The van der Waals surface area contributed by atoms with Gasteiger partial charge >= 0.3 is 0 Å². The zero-order chi connectivity index (χ0) is 26.9. The number of nitrogens with zero attached hydrogens (tertiary/aromatic N) is 2. The van der Waals surface area contributed by atoms with Crippen molar-refractivity contribution in [1.29, 1.82) is 0 Å². The third kappa shape index (κ3) is 9.13. The van der Waals surface area contributed by atoms with Gasteiger partial charge in [0.2, 0.25) is 21.8 Å². The van der Waals surface area contributed by atoms with Gasteiger partial charge in [-0.05, 0) is 61.2 Å². The van der Waals surface area contributed by atoms with Gasteiger partial charge in [-0.2, -0.15) is 0 Å². The fourth-order valence-electron chi connectivity index (χ4n) is 3.57. The number of carbonyl (C=O) groups excluding carboxylic acids is 2. The summed E-state index contributed by atoms with van der Waals surface area (Å²) < 4.78 is 32.2. The van der Waals surface area contributed by atoms with Crippen molar-refractivity contribution in [1.82, 2.24) is 10.2 Å². The molecule has 2 rings (SSSR count). The number of nitrogens with one attached hydrogen (secondary N) is 1. The molecule has 2 amide bonds. The predicted octanol–water partition coefficient (Wildman–Crippen LogP) is 4.19. The van der Waals surface area contributed by atoms with Crippen LogP contribution in [0.4, 0.5) is 5.69 Å². The molecular weight excluding hydrogens is 546 g/mol. The molecular formula is C26H36BrN3O5S. The Bertz CT molecular complexity index is 1110. The molecule has 2 aromatic carbocycles. The minimum absolute atomic E-state index is 0.0977. The number of rotatable bonds is 13. The fraction of sp³-hybridized carbons (Fsp3) is 0.462. The van der Waals surface area contributed by atoms with Gasteiger partial charge in [0.1, 0.15) is 11.8 Å². The number of methoxy groups -OCH3 is 1. The molecule has 1 N–H and O–H groups in total. The summed E-state index contributed by atoms with van der Waals surface area (Å²) >= 11 is 3.41. The van der Waals surface area contributed by atoms with E-state index < -0.39 is 16.1 Å². The Morgan fingerprint density at radius 2 is 1.64 bits per heavy atom. The summed E-state index contributed by atoms with van der Waals surface area (Å²) in [5, 5.41) is 2.90. The predicted molar refractivity (Wildman–Crippen MR) is 146 cm³/mol. The molecule has 0 saturated carbocycles. The van der Waals surface area contributed by atoms with Gasteiger partial charge < -0.3 is 15.0 Å². The molecule has 198 valence electrons. The first-order chi connectivity index (χ1) is 16.9. The largest absolute Gasteiger partial charge is 0.497 e. The highest BCUT2D eigenvalue weighted by atomic mass is 79.9. The van der Waals surface area contributed by atoms with Gasteiger partial charge in [-0.15, -0.1) is 0 Å². The van der Waals surface area contributed by atoms with Gasteiger partial charge in [0.15, 0.2) is 0 Å². The van der Waals surface area contributed by atoms with Crippen LogP contribution < -0.4 is 14.4 Å². The van der Waals surface area contributed by atoms with E-state index in [2.05, 4.69) is 21.2 Å². The number of anilines is 1. The lowest BCUT2D eigenvalue weighted by atomic mass is 10.1. The molecule has 0 spiro atoms. The maximum atomic E-state index is 13.3. The summed E-state index contributed by atoms with van der Waals surface area (Å²) in [6.07, 6.45) is 1.54. The van der Waals surface area contributed by atoms with Crippen LogP contribution in [0, 0.1) is 5.92 Å². The average molecular weight is 583 g/mol. The van der Waals surface area contributed by atoms with Crippen molar-refractivity contribution < 1.29 is 22.7 Å². The Labute approximate surface area is 223 Å². The van der Waals surface area contributed by atoms with Crippen LogP contribution in [0.15, 0.2) is 53.0 Å². The second-order valence-corrected chi connectivity index (χ2v) is 11.9. The third-order valence-electron chi connectivity index (χ3n) is 5.63. The van der Waals surface area contributed by atoms with Crippen molar-refractivity contribution in [3.8, 4) is 5.75 Å². The summed E-state index contributed by atoms with van der Waals surface area (Å²) in [6, 6.07) is 13.6. The lowest BCUT2D eigenvalue weighted by molar-refractivity contribution is -0.140. The van der Waals surface area contributed by atoms with Gasteiger partial charge in [0.05, 0.1) is 19.1 Å². The molecule has 0 bridgehead atoms. The molecule has 0 aliphatic carbocycles. The summed E-state index contributed by atoms with van der Waals surface area (Å²) in [5.74, 6) is 0.478. The highest BCUT2D eigenvalue weighted by molar-refractivity contribution is 9.10. The van der Waals surface area contributed by atoms with Crippen molar-refractivity contribution in [2.45, 2.75) is 46.2 Å². The number of amides is 2. The zero-order valence-corrected chi connectivity index (χ0v) is 23.9. The first kappa shape index (κ1) is 29.6. The minimum atomic E-state index is -3.55. The van der Waals surface area contributed by atoms with E-state index in [4.69, 9.17) is 4.74 Å². The lowest BCUT2D eigenvalue weighted by Crippen LogP contribution is -2.48. The number of carbonyl (C=O) groups is 2. The van der Waals surface area contributed by atoms with Crippen LogP contribution in [0.5, 0.6) is 5.75 Å². The number of benzene rings is 2. The highest BCUT2D eigenvalue weighted by Gasteiger charge is 2.26. The molecule has 36 heavy (non-hydrogen) atoms. The summed E-state index contributed by atoms with van der Waals surface area (Å²) in [6.45, 7) is 6.66. The van der Waals surface area contributed by atoms with Crippen molar-refractivity contribution in [2.75, 3.05) is 30.8 Å². The molecule has 8 nitrogen and oxygen atoms in total. The van der Waals surface area contributed by atoms with E-state index in [1.807, 2.05) is 38.1 Å². The topological polar surface area (TPSA) is 96.0 Å². The number of sulfonamides is 1. The SMILES string of the molecule is COc1ccc(N(CCCC(=O)N(Cc2ccc(Br)cc2)C(C)C(=O)NCC(C)C)S(C)(=O)=O)cc1. The van der Waals surface area contributed by atoms with Gasteiger partial charge in [0.25, 0.3) is 0 Å². The van der Waals surface area contributed by atoms with Crippen molar-refractivity contribution in [2.24, 2.45) is 5.92 Å². The Kier molecular flexibility index (Phi) is 11.2. The molecule has 2 aromatic rings. The molecule has 0 aliphatic rings. The first-order valence-corrected chi connectivity index (χ1v) is 14.5. The Balaban J connectivity index is 2.14. The fourth-order valence-corrected chi connectivity index (χ4v) is 4.80. The van der Waals surface area contributed by atoms with E-state index in [1.165, 1.54) is 4.31 Å². The molecule has 0 saturated heterocycles. The normalized spacial score (nSPS) is 12.2. The molecule has 1 unspecified atom stereocenters. The van der Waals surface area contributed by atoms with Gasteiger partial charge in [-0.3, -0.25) is 13.9 Å². The van der Waals surface area contributed by atoms with Crippen LogP contribution in [0.2, 0.25) is 0 Å². The third-order valence-corrected chi connectivity index (χ3v) is 7.35. The second kappa shape index (κ2) is 13.6. The highest BCUT2D eigenvalue weighted by Crippen LogP contribution is 2.22. The molecule has 10 heteroatoms. The molecule has 0 radical (unpaired) electrons. The maximum Gasteiger partial charge on any atom is 0.242 e. The second-order valence-electron chi connectivity index (χ2n) is 9.10. The van der Waals surface area contributed by atoms with Crippen LogP contribution in [-0.4, -0.2) is 57.6 Å². The standard InChI is InChI=1S/C26H36BrN3O5S/c1-19(2)17-28-26(32)20(3)29(18-21-8-10-22(27)11-9-21)25(31)7-6-16-30(36(5,33)34)23-12-14-24(35-4)15-13-23/h8-15,19-20H,6-7,16-18H2,1-5H3,(H,28,32). The van der Waals surface area contributed by atoms with Crippen LogP contribution in [0.1, 0.15) is 39.2 Å². The van der Waals surface area contributed by atoms with Crippen LogP contribution >= 0.6 is 15.9 Å². The van der Waals surface area contributed by atoms with E-state index >= 15 is 0 Å². The van der Waals surface area contributed by atoms with Crippen molar-refractivity contribution in [3.05, 3.63) is 58.6 Å². The summed E-state index contributed by atoms with van der Waals surface area (Å²) in [5.41, 5.74) is 1.39. The van der Waals surface area contributed by atoms with Gasteiger partial charge in [-0.1, -0.05) is 41.9 Å². The molecule has 0 heterocycles. The summed E-state index contributed by atoms with van der Waals surface area (Å²) in [7, 11) is -2.01. The van der Waals surface area contributed by atoms with Crippen LogP contribution in [-0.2, 0) is 26.2 Å². The molecule has 1 atom stereocenters. The quantitative estimate of drug-likeness (QED) is 0.382. The smallest absolute Gasteiger partial charge is 0.242 e. The van der Waals surface area contributed by atoms with E-state index in [-0.39, 0.29) is 37.2 Å². The number of ether oxygens (including phenoxy) is 1. The monoisotopic (exact) mass is 581 g/mol. The zero-order valence-electron chi connectivity index (χ0n) is 21.5. The lowest BCUT2D eigenvalue weighted by Gasteiger charge is -2.29. The first-order valence-electron chi connectivity index (χ1n) is 11.9. The molecule has 0 aromatic heterocycles. The van der Waals surface area contributed by atoms with E-state index in [9.17, 15) is 18.0 Å². The Morgan fingerprint density at radius 3 is 2.17 bits per heavy atom. The number of hydrogen-bond acceptors (Lipinski definition) is 5. The Hall–Kier alpha value is -2.59. The number of halogens is 1. The van der Waals surface area contributed by atoms with Crippen molar-refractivity contribution in [3.63, 3.8) is 0 Å². The van der Waals surface area contributed by atoms with Gasteiger partial charge in [0, 0.05) is 30.5 Å². The van der Waals surface area contributed by atoms with Crippen LogP contribution in [0.25, 0.3) is 0 Å². The van der Waals surface area contributed by atoms with Gasteiger partial charge in [-0.25, -0.2) is 8.42 Å². The molecule has 0 aliphatic heterocycles. The summed E-state index contributed by atoms with van der Waals surface area (Å²) in [4.78, 5) is 27.6. The minimum Gasteiger partial charge on any atom is -0.497 e. The maximum absolute atomic E-state index is 13.3. The Morgan fingerprint density at radius 1 is 1.03 bits per heavy atom. The van der Waals surface area contributed by atoms with E-state index in [0.29, 0.717) is 24.4 Å². The van der Waals surface area contributed by atoms with Crippen LogP contribution in [0.3, 0.4) is 0 Å². The van der Waals surface area contributed by atoms with E-state index in [0.717, 1.165) is 16.3 Å². The molecule has 0 fully saturated rings.